The first kappa shape index (κ1) is 15.9. The Bertz CT molecular complexity index is 457. The maximum absolute atomic E-state index is 11.8. The van der Waals surface area contributed by atoms with Gasteiger partial charge < -0.3 is 15.2 Å². The van der Waals surface area contributed by atoms with Gasteiger partial charge in [0.1, 0.15) is 11.4 Å². The highest BCUT2D eigenvalue weighted by atomic mass is 16.5. The topological polar surface area (TPSA) is 88.5 Å². The number of hydrogen-bond acceptors (Lipinski definition) is 4. The zero-order valence-corrected chi connectivity index (χ0v) is 11.9. The minimum atomic E-state index is -1.10. The van der Waals surface area contributed by atoms with E-state index in [9.17, 15) is 9.59 Å². The molecule has 0 saturated heterocycles. The molecule has 1 aromatic heterocycles. The Morgan fingerprint density at radius 3 is 2.55 bits per heavy atom. The van der Waals surface area contributed by atoms with Crippen LogP contribution in [0.5, 0.6) is 5.75 Å². The lowest BCUT2D eigenvalue weighted by Gasteiger charge is -2.15. The molecule has 1 aromatic rings. The van der Waals surface area contributed by atoms with Crippen LogP contribution in [-0.4, -0.2) is 34.6 Å². The second-order valence-electron chi connectivity index (χ2n) is 4.92. The average Bonchev–Trinajstić information content (AvgIpc) is 2.38. The van der Waals surface area contributed by atoms with Gasteiger partial charge in [-0.2, -0.15) is 0 Å². The van der Waals surface area contributed by atoms with Gasteiger partial charge in [-0.15, -0.1) is 0 Å². The first-order chi connectivity index (χ1) is 9.40. The SMILES string of the molecule is CC(C)CCNC(=O)C(C)Oc1ccc(C(=O)O)nc1. The summed E-state index contributed by atoms with van der Waals surface area (Å²) in [7, 11) is 0. The number of carboxylic acids is 1. The van der Waals surface area contributed by atoms with E-state index in [1.54, 1.807) is 6.92 Å². The van der Waals surface area contributed by atoms with Gasteiger partial charge in [0.15, 0.2) is 6.10 Å². The van der Waals surface area contributed by atoms with Gasteiger partial charge in [-0.3, -0.25) is 4.79 Å². The van der Waals surface area contributed by atoms with E-state index in [2.05, 4.69) is 24.1 Å². The predicted octanol–water partition coefficient (Wildman–Crippen LogP) is 1.71. The zero-order chi connectivity index (χ0) is 15.1. The number of hydrogen-bond donors (Lipinski definition) is 2. The number of carbonyl (C=O) groups is 2. The van der Waals surface area contributed by atoms with Crippen molar-refractivity contribution >= 4 is 11.9 Å². The minimum Gasteiger partial charge on any atom is -0.479 e. The van der Waals surface area contributed by atoms with E-state index in [4.69, 9.17) is 9.84 Å². The number of rotatable bonds is 7. The third-order valence-electron chi connectivity index (χ3n) is 2.66. The van der Waals surface area contributed by atoms with Gasteiger partial charge in [0.05, 0.1) is 6.20 Å². The Hall–Kier alpha value is -2.11. The third-order valence-corrected chi connectivity index (χ3v) is 2.66. The van der Waals surface area contributed by atoms with Crippen LogP contribution in [0.3, 0.4) is 0 Å². The van der Waals surface area contributed by atoms with Crippen molar-refractivity contribution < 1.29 is 19.4 Å². The minimum absolute atomic E-state index is 0.0635. The molecule has 110 valence electrons. The number of ether oxygens (including phenoxy) is 1. The van der Waals surface area contributed by atoms with Crippen molar-refractivity contribution in [2.75, 3.05) is 6.54 Å². The number of aromatic nitrogens is 1. The molecule has 1 atom stereocenters. The summed E-state index contributed by atoms with van der Waals surface area (Å²) in [5.41, 5.74) is -0.0635. The lowest BCUT2D eigenvalue weighted by molar-refractivity contribution is -0.127. The Morgan fingerprint density at radius 2 is 2.05 bits per heavy atom. The predicted molar refractivity (Wildman–Crippen MR) is 73.8 cm³/mol. The smallest absolute Gasteiger partial charge is 0.354 e. The number of pyridine rings is 1. The maximum atomic E-state index is 11.8. The van der Waals surface area contributed by atoms with Crippen LogP contribution in [0.2, 0.25) is 0 Å². The number of carbonyl (C=O) groups excluding carboxylic acids is 1. The summed E-state index contributed by atoms with van der Waals surface area (Å²) in [6.45, 7) is 6.42. The molecule has 0 fully saturated rings. The fourth-order valence-electron chi connectivity index (χ4n) is 1.46. The van der Waals surface area contributed by atoms with Crippen molar-refractivity contribution in [2.45, 2.75) is 33.3 Å². The summed E-state index contributed by atoms with van der Waals surface area (Å²) in [6.07, 6.45) is 1.55. The van der Waals surface area contributed by atoms with Crippen LogP contribution in [0.15, 0.2) is 18.3 Å². The largest absolute Gasteiger partial charge is 0.479 e. The van der Waals surface area contributed by atoms with Gasteiger partial charge in [-0.25, -0.2) is 9.78 Å². The van der Waals surface area contributed by atoms with Gasteiger partial charge in [-0.05, 0) is 31.4 Å². The van der Waals surface area contributed by atoms with E-state index in [1.165, 1.54) is 18.3 Å². The molecule has 0 bridgehead atoms. The van der Waals surface area contributed by atoms with Gasteiger partial charge >= 0.3 is 5.97 Å². The van der Waals surface area contributed by atoms with Crippen LogP contribution in [0, 0.1) is 5.92 Å². The fraction of sp³-hybridized carbons (Fsp3) is 0.500. The number of carboxylic acid groups (broad SMARTS) is 1. The van der Waals surface area contributed by atoms with Crippen molar-refractivity contribution in [2.24, 2.45) is 5.92 Å². The van der Waals surface area contributed by atoms with E-state index in [0.29, 0.717) is 18.2 Å². The molecule has 0 spiro atoms. The summed E-state index contributed by atoms with van der Waals surface area (Å²) in [6, 6.07) is 2.81. The second kappa shape index (κ2) is 7.47. The molecule has 1 heterocycles. The normalized spacial score (nSPS) is 12.0. The highest BCUT2D eigenvalue weighted by Gasteiger charge is 2.14. The molecule has 1 unspecified atom stereocenters. The molecule has 0 radical (unpaired) electrons. The summed E-state index contributed by atoms with van der Waals surface area (Å²) in [5, 5.41) is 11.5. The molecule has 2 N–H and O–H groups in total. The molecular formula is C14H20N2O4. The molecule has 0 aromatic carbocycles. The molecule has 1 rings (SSSR count). The summed E-state index contributed by atoms with van der Waals surface area (Å²) in [5.74, 6) is -0.412. The van der Waals surface area contributed by atoms with Gasteiger partial charge in [0.25, 0.3) is 5.91 Å². The fourth-order valence-corrected chi connectivity index (χ4v) is 1.46. The summed E-state index contributed by atoms with van der Waals surface area (Å²) >= 11 is 0. The molecule has 6 nitrogen and oxygen atoms in total. The summed E-state index contributed by atoms with van der Waals surface area (Å²) in [4.78, 5) is 26.1. The Morgan fingerprint density at radius 1 is 1.35 bits per heavy atom. The Kier molecular flexibility index (Phi) is 5.96. The average molecular weight is 280 g/mol. The van der Waals surface area contributed by atoms with Crippen molar-refractivity contribution in [3.63, 3.8) is 0 Å². The van der Waals surface area contributed by atoms with Crippen molar-refractivity contribution in [1.29, 1.82) is 0 Å². The van der Waals surface area contributed by atoms with Gasteiger partial charge in [0, 0.05) is 6.54 Å². The van der Waals surface area contributed by atoms with Crippen LogP contribution in [0.1, 0.15) is 37.7 Å². The second-order valence-corrected chi connectivity index (χ2v) is 4.92. The Balaban J connectivity index is 2.46. The standard InChI is InChI=1S/C14H20N2O4/c1-9(2)6-7-15-13(17)10(3)20-11-4-5-12(14(18)19)16-8-11/h4-5,8-10H,6-7H2,1-3H3,(H,15,17)(H,18,19). The van der Waals surface area contributed by atoms with Crippen molar-refractivity contribution in [3.8, 4) is 5.75 Å². The molecule has 0 saturated carbocycles. The lowest BCUT2D eigenvalue weighted by Crippen LogP contribution is -2.37. The van der Waals surface area contributed by atoms with Crippen molar-refractivity contribution in [1.82, 2.24) is 10.3 Å². The van der Waals surface area contributed by atoms with Crippen LogP contribution in [-0.2, 0) is 4.79 Å². The number of nitrogens with zero attached hydrogens (tertiary/aromatic N) is 1. The third kappa shape index (κ3) is 5.26. The lowest BCUT2D eigenvalue weighted by atomic mass is 10.1. The number of amides is 1. The van der Waals surface area contributed by atoms with Crippen LogP contribution in [0.4, 0.5) is 0 Å². The first-order valence-corrected chi connectivity index (χ1v) is 6.54. The van der Waals surface area contributed by atoms with E-state index in [-0.39, 0.29) is 11.6 Å². The number of nitrogens with one attached hydrogen (secondary N) is 1. The molecule has 20 heavy (non-hydrogen) atoms. The highest BCUT2D eigenvalue weighted by Crippen LogP contribution is 2.11. The van der Waals surface area contributed by atoms with Gasteiger partial charge in [0.2, 0.25) is 0 Å². The molecule has 0 aliphatic carbocycles. The van der Waals surface area contributed by atoms with E-state index < -0.39 is 12.1 Å². The van der Waals surface area contributed by atoms with E-state index >= 15 is 0 Å². The molecule has 0 aliphatic rings. The molecule has 1 amide bonds. The van der Waals surface area contributed by atoms with Crippen LogP contribution < -0.4 is 10.1 Å². The van der Waals surface area contributed by atoms with Crippen molar-refractivity contribution in [3.05, 3.63) is 24.0 Å². The summed E-state index contributed by atoms with van der Waals surface area (Å²) < 4.78 is 5.40. The highest BCUT2D eigenvalue weighted by molar-refractivity contribution is 5.85. The molecule has 0 aliphatic heterocycles. The maximum Gasteiger partial charge on any atom is 0.354 e. The molecular weight excluding hydrogens is 260 g/mol. The quantitative estimate of drug-likeness (QED) is 0.793. The van der Waals surface area contributed by atoms with Crippen LogP contribution >= 0.6 is 0 Å². The van der Waals surface area contributed by atoms with E-state index in [1.807, 2.05) is 0 Å². The zero-order valence-electron chi connectivity index (χ0n) is 11.9. The van der Waals surface area contributed by atoms with Gasteiger partial charge in [-0.1, -0.05) is 13.8 Å². The first-order valence-electron chi connectivity index (χ1n) is 6.54. The Labute approximate surface area is 118 Å². The number of aromatic carboxylic acids is 1. The molecule has 6 heteroatoms. The van der Waals surface area contributed by atoms with E-state index in [0.717, 1.165) is 6.42 Å². The monoisotopic (exact) mass is 280 g/mol. The van der Waals surface area contributed by atoms with Crippen LogP contribution in [0.25, 0.3) is 0 Å².